The highest BCUT2D eigenvalue weighted by atomic mass is 31.2. The fourth-order valence-electron chi connectivity index (χ4n) is 2.69. The van der Waals surface area contributed by atoms with Crippen molar-refractivity contribution >= 4 is 41.1 Å². The SMILES string of the molecule is C[C@@H](NC(=O)Cn1c(P(=O)(O)c2ccccc2)nc2ccccc21)C(=O)O. The number of fused-ring (bicyclic) bond motifs is 1. The number of carbonyl (C=O) groups excluding carboxylic acids is 1. The summed E-state index contributed by atoms with van der Waals surface area (Å²) in [6, 6.07) is 13.8. The largest absolute Gasteiger partial charge is 0.480 e. The molecular formula is C18H18N3O5P. The lowest BCUT2D eigenvalue weighted by molar-refractivity contribution is -0.141. The highest BCUT2D eigenvalue weighted by molar-refractivity contribution is 7.73. The second-order valence-electron chi connectivity index (χ2n) is 6.03. The smallest absolute Gasteiger partial charge is 0.325 e. The zero-order chi connectivity index (χ0) is 19.6. The Bertz CT molecular complexity index is 1050. The van der Waals surface area contributed by atoms with Crippen LogP contribution in [-0.2, 0) is 20.7 Å². The van der Waals surface area contributed by atoms with Gasteiger partial charge >= 0.3 is 5.97 Å². The summed E-state index contributed by atoms with van der Waals surface area (Å²) in [5, 5.41) is 11.5. The molecule has 3 N–H and O–H groups in total. The molecule has 2 aromatic carbocycles. The molecule has 3 aromatic rings. The van der Waals surface area contributed by atoms with Crippen molar-refractivity contribution in [2.24, 2.45) is 0 Å². The molecule has 0 spiro atoms. The second kappa shape index (κ2) is 7.34. The Morgan fingerprint density at radius 1 is 1.15 bits per heavy atom. The summed E-state index contributed by atoms with van der Waals surface area (Å²) in [7, 11) is -4.06. The molecule has 0 saturated heterocycles. The summed E-state index contributed by atoms with van der Waals surface area (Å²) >= 11 is 0. The van der Waals surface area contributed by atoms with Gasteiger partial charge in [0.2, 0.25) is 11.5 Å². The fourth-order valence-corrected chi connectivity index (χ4v) is 4.24. The molecule has 9 heteroatoms. The maximum absolute atomic E-state index is 13.2. The van der Waals surface area contributed by atoms with Crippen molar-refractivity contribution in [1.29, 1.82) is 0 Å². The standard InChI is InChI=1S/C18H18N3O5P/c1-12(17(23)24)19-16(22)11-21-15-10-6-5-9-14(15)20-18(21)27(25,26)13-7-3-2-4-8-13/h2-10,12H,11H2,1H3,(H,19,22)(H,23,24)(H,25,26)/t12-/m1/s1. The van der Waals surface area contributed by atoms with Crippen LogP contribution in [0.15, 0.2) is 54.6 Å². The Morgan fingerprint density at radius 2 is 1.78 bits per heavy atom. The number of amides is 1. The van der Waals surface area contributed by atoms with E-state index in [1.165, 1.54) is 23.6 Å². The molecule has 0 aliphatic rings. The maximum Gasteiger partial charge on any atom is 0.325 e. The lowest BCUT2D eigenvalue weighted by atomic mass is 10.3. The van der Waals surface area contributed by atoms with Gasteiger partial charge in [-0.05, 0) is 31.2 Å². The van der Waals surface area contributed by atoms with Crippen LogP contribution < -0.4 is 16.2 Å². The third-order valence-corrected chi connectivity index (χ3v) is 5.94. The molecule has 0 aliphatic carbocycles. The summed E-state index contributed by atoms with van der Waals surface area (Å²) < 4.78 is 14.5. The third-order valence-electron chi connectivity index (χ3n) is 4.06. The van der Waals surface area contributed by atoms with Gasteiger partial charge in [0.05, 0.1) is 11.0 Å². The maximum atomic E-state index is 13.2. The molecule has 0 aliphatic heterocycles. The molecule has 27 heavy (non-hydrogen) atoms. The predicted octanol–water partition coefficient (Wildman–Crippen LogP) is 0.847. The van der Waals surface area contributed by atoms with Crippen LogP contribution in [-0.4, -0.2) is 37.5 Å². The van der Waals surface area contributed by atoms with Crippen molar-refractivity contribution in [3.05, 3.63) is 54.6 Å². The van der Waals surface area contributed by atoms with Crippen LogP contribution in [0, 0.1) is 0 Å². The number of carboxylic acids is 1. The van der Waals surface area contributed by atoms with E-state index in [-0.39, 0.29) is 17.4 Å². The van der Waals surface area contributed by atoms with E-state index in [0.29, 0.717) is 11.0 Å². The predicted molar refractivity (Wildman–Crippen MR) is 101 cm³/mol. The monoisotopic (exact) mass is 387 g/mol. The van der Waals surface area contributed by atoms with Gasteiger partial charge in [0, 0.05) is 5.30 Å². The van der Waals surface area contributed by atoms with E-state index in [1.54, 1.807) is 42.5 Å². The van der Waals surface area contributed by atoms with Crippen molar-refractivity contribution in [3.8, 4) is 0 Å². The summed E-state index contributed by atoms with van der Waals surface area (Å²) in [5.74, 6) is -1.77. The molecule has 1 aromatic heterocycles. The zero-order valence-corrected chi connectivity index (χ0v) is 15.3. The van der Waals surface area contributed by atoms with Gasteiger partial charge in [0.1, 0.15) is 12.6 Å². The van der Waals surface area contributed by atoms with E-state index < -0.39 is 25.3 Å². The van der Waals surface area contributed by atoms with Gasteiger partial charge < -0.3 is 19.9 Å². The highest BCUT2D eigenvalue weighted by Gasteiger charge is 2.32. The Kier molecular flexibility index (Phi) is 5.12. The first-order chi connectivity index (χ1) is 12.8. The van der Waals surface area contributed by atoms with Gasteiger partial charge in [-0.25, -0.2) is 4.98 Å². The molecule has 1 heterocycles. The molecule has 2 atom stereocenters. The van der Waals surface area contributed by atoms with Gasteiger partial charge in [0.25, 0.3) is 7.37 Å². The van der Waals surface area contributed by atoms with Gasteiger partial charge in [-0.15, -0.1) is 0 Å². The van der Waals surface area contributed by atoms with Crippen LogP contribution in [0.3, 0.4) is 0 Å². The first-order valence-corrected chi connectivity index (χ1v) is 9.83. The van der Waals surface area contributed by atoms with Gasteiger partial charge in [-0.3, -0.25) is 14.2 Å². The summed E-state index contributed by atoms with van der Waals surface area (Å²) in [5.41, 5.74) is 0.848. The Balaban J connectivity index is 2.06. The van der Waals surface area contributed by atoms with Crippen LogP contribution in [0.25, 0.3) is 11.0 Å². The molecule has 3 rings (SSSR count). The number of nitrogens with zero attached hydrogens (tertiary/aromatic N) is 2. The summed E-state index contributed by atoms with van der Waals surface area (Å²) in [6.07, 6.45) is 0. The Morgan fingerprint density at radius 3 is 2.44 bits per heavy atom. The number of hydrogen-bond donors (Lipinski definition) is 3. The fraction of sp³-hybridized carbons (Fsp3) is 0.167. The number of imidazole rings is 1. The first-order valence-electron chi connectivity index (χ1n) is 8.17. The van der Waals surface area contributed by atoms with E-state index in [9.17, 15) is 19.0 Å². The van der Waals surface area contributed by atoms with E-state index >= 15 is 0 Å². The molecule has 0 radical (unpaired) electrons. The first kappa shape index (κ1) is 18.8. The number of benzene rings is 2. The lowest BCUT2D eigenvalue weighted by Gasteiger charge is -2.15. The van der Waals surface area contributed by atoms with Crippen molar-refractivity contribution in [2.75, 3.05) is 0 Å². The van der Waals surface area contributed by atoms with Crippen LogP contribution in [0.4, 0.5) is 0 Å². The van der Waals surface area contributed by atoms with E-state index in [2.05, 4.69) is 10.3 Å². The molecule has 0 bridgehead atoms. The van der Waals surface area contributed by atoms with Crippen LogP contribution >= 0.6 is 7.37 Å². The quantitative estimate of drug-likeness (QED) is 0.539. The number of aliphatic carboxylic acids is 1. The normalized spacial score (nSPS) is 14.4. The van der Waals surface area contributed by atoms with Crippen LogP contribution in [0.5, 0.6) is 0 Å². The number of nitrogens with one attached hydrogen (secondary N) is 1. The van der Waals surface area contributed by atoms with E-state index in [1.807, 2.05) is 0 Å². The minimum Gasteiger partial charge on any atom is -0.480 e. The third kappa shape index (κ3) is 3.77. The number of hydrogen-bond acceptors (Lipinski definition) is 4. The second-order valence-corrected chi connectivity index (χ2v) is 8.09. The molecule has 8 nitrogen and oxygen atoms in total. The van der Waals surface area contributed by atoms with Crippen molar-refractivity contribution in [3.63, 3.8) is 0 Å². The van der Waals surface area contributed by atoms with Gasteiger partial charge in [-0.2, -0.15) is 0 Å². The topological polar surface area (TPSA) is 122 Å². The number of rotatable bonds is 6. The summed E-state index contributed by atoms with van der Waals surface area (Å²) in [6.45, 7) is 1.01. The summed E-state index contributed by atoms with van der Waals surface area (Å²) in [4.78, 5) is 38.3. The number of para-hydroxylation sites is 2. The van der Waals surface area contributed by atoms with Crippen molar-refractivity contribution in [2.45, 2.75) is 19.5 Å². The average molecular weight is 387 g/mol. The van der Waals surface area contributed by atoms with E-state index in [0.717, 1.165) is 0 Å². The van der Waals surface area contributed by atoms with Crippen LogP contribution in [0.1, 0.15) is 6.92 Å². The number of carbonyl (C=O) groups is 2. The average Bonchev–Trinajstić information content (AvgIpc) is 3.01. The number of carboxylic acid groups (broad SMARTS) is 1. The molecular weight excluding hydrogens is 369 g/mol. The zero-order valence-electron chi connectivity index (χ0n) is 14.4. The Hall–Kier alpha value is -2.96. The van der Waals surface area contributed by atoms with Crippen LogP contribution in [0.2, 0.25) is 0 Å². The van der Waals surface area contributed by atoms with Crippen molar-refractivity contribution in [1.82, 2.24) is 14.9 Å². The molecule has 140 valence electrons. The Labute approximate surface area is 154 Å². The molecule has 1 amide bonds. The van der Waals surface area contributed by atoms with Gasteiger partial charge in [-0.1, -0.05) is 30.3 Å². The van der Waals surface area contributed by atoms with Crippen molar-refractivity contribution < 1.29 is 24.2 Å². The lowest BCUT2D eigenvalue weighted by Crippen LogP contribution is -2.41. The highest BCUT2D eigenvalue weighted by Crippen LogP contribution is 2.38. The minimum absolute atomic E-state index is 0.131. The number of aromatic nitrogens is 2. The minimum atomic E-state index is -4.06. The van der Waals surface area contributed by atoms with E-state index in [4.69, 9.17) is 5.11 Å². The van der Waals surface area contributed by atoms with Gasteiger partial charge in [0.15, 0.2) is 0 Å². The molecule has 0 saturated carbocycles. The molecule has 0 fully saturated rings. The molecule has 1 unspecified atom stereocenters.